The maximum atomic E-state index is 6.34. The van der Waals surface area contributed by atoms with Crippen LogP contribution in [0.15, 0.2) is 60.9 Å². The van der Waals surface area contributed by atoms with Crippen molar-refractivity contribution in [2.45, 2.75) is 38.0 Å². The number of hydrogen-bond donors (Lipinski definition) is 1. The highest BCUT2D eigenvalue weighted by molar-refractivity contribution is 6.35. The lowest BCUT2D eigenvalue weighted by atomic mass is 9.89. The fraction of sp³-hybridized carbons (Fsp3) is 0.385. The third-order valence-corrected chi connectivity index (χ3v) is 7.09. The first-order valence-electron chi connectivity index (χ1n) is 11.3. The Morgan fingerprint density at radius 2 is 1.80 bits per heavy atom. The van der Waals surface area contributed by atoms with Crippen LogP contribution in [0.4, 0.5) is 5.69 Å². The summed E-state index contributed by atoms with van der Waals surface area (Å²) >= 11 is 6.34. The molecular formula is C26H30ClN3. The average Bonchev–Trinajstić information content (AvgIpc) is 3.23. The van der Waals surface area contributed by atoms with E-state index < -0.39 is 0 Å². The second-order valence-corrected chi connectivity index (χ2v) is 9.05. The molecule has 0 aliphatic carbocycles. The molecule has 5 rings (SSSR count). The van der Waals surface area contributed by atoms with Gasteiger partial charge in [0.25, 0.3) is 0 Å². The summed E-state index contributed by atoms with van der Waals surface area (Å²) in [6.45, 7) is 4.72. The van der Waals surface area contributed by atoms with Gasteiger partial charge in [0.1, 0.15) is 0 Å². The number of rotatable bonds is 6. The highest BCUT2D eigenvalue weighted by Gasteiger charge is 2.23. The Bertz CT molecular complexity index is 1030. The average molecular weight is 420 g/mol. The van der Waals surface area contributed by atoms with Crippen LogP contribution in [0.25, 0.3) is 10.9 Å². The van der Waals surface area contributed by atoms with Gasteiger partial charge in [-0.1, -0.05) is 48.0 Å². The molecule has 0 amide bonds. The van der Waals surface area contributed by atoms with E-state index in [9.17, 15) is 0 Å². The predicted octanol–water partition coefficient (Wildman–Crippen LogP) is 6.36. The molecule has 2 aromatic carbocycles. The van der Waals surface area contributed by atoms with Gasteiger partial charge in [-0.3, -0.25) is 0 Å². The van der Waals surface area contributed by atoms with E-state index in [-0.39, 0.29) is 0 Å². The number of unbranched alkanes of at least 4 members (excludes halogenated alkanes) is 1. The summed E-state index contributed by atoms with van der Waals surface area (Å²) in [5, 5.41) is 2.12. The van der Waals surface area contributed by atoms with Crippen molar-refractivity contribution in [1.29, 1.82) is 0 Å². The van der Waals surface area contributed by atoms with Gasteiger partial charge >= 0.3 is 0 Å². The first-order valence-corrected chi connectivity index (χ1v) is 11.7. The van der Waals surface area contributed by atoms with Crippen LogP contribution >= 0.6 is 11.6 Å². The Balaban J connectivity index is 1.09. The normalized spacial score (nSPS) is 17.6. The van der Waals surface area contributed by atoms with Gasteiger partial charge in [0.05, 0.1) is 10.5 Å². The van der Waals surface area contributed by atoms with Crippen molar-refractivity contribution in [3.05, 3.63) is 77.1 Å². The maximum Gasteiger partial charge on any atom is 0.0647 e. The largest absolute Gasteiger partial charge is 0.360 e. The van der Waals surface area contributed by atoms with Crippen molar-refractivity contribution < 1.29 is 0 Å². The van der Waals surface area contributed by atoms with E-state index in [1.54, 1.807) is 0 Å². The summed E-state index contributed by atoms with van der Waals surface area (Å²) in [5.74, 6) is 0.642. The molecule has 2 aliphatic rings. The van der Waals surface area contributed by atoms with Gasteiger partial charge in [0, 0.05) is 30.0 Å². The van der Waals surface area contributed by atoms with Crippen molar-refractivity contribution >= 4 is 28.2 Å². The quantitative estimate of drug-likeness (QED) is 0.470. The lowest BCUT2D eigenvalue weighted by molar-refractivity contribution is 0.209. The van der Waals surface area contributed by atoms with E-state index in [1.165, 1.54) is 67.5 Å². The molecule has 3 heterocycles. The van der Waals surface area contributed by atoms with Gasteiger partial charge in [-0.15, -0.1) is 0 Å². The van der Waals surface area contributed by atoms with Crippen LogP contribution in [0, 0.1) is 0 Å². The number of hydrogen-bond acceptors (Lipinski definition) is 2. The van der Waals surface area contributed by atoms with Gasteiger partial charge in [0.2, 0.25) is 0 Å². The second kappa shape index (κ2) is 8.87. The van der Waals surface area contributed by atoms with Crippen LogP contribution in [0.2, 0.25) is 5.02 Å². The summed E-state index contributed by atoms with van der Waals surface area (Å²) in [5.41, 5.74) is 5.37. The summed E-state index contributed by atoms with van der Waals surface area (Å²) in [6, 6.07) is 15.0. The minimum absolute atomic E-state index is 0.642. The summed E-state index contributed by atoms with van der Waals surface area (Å²) in [4.78, 5) is 8.46. The smallest absolute Gasteiger partial charge is 0.0647 e. The third-order valence-electron chi connectivity index (χ3n) is 6.77. The van der Waals surface area contributed by atoms with Crippen LogP contribution in [-0.4, -0.2) is 36.1 Å². The van der Waals surface area contributed by atoms with Crippen molar-refractivity contribution in [2.75, 3.05) is 31.1 Å². The van der Waals surface area contributed by atoms with Gasteiger partial charge in [-0.2, -0.15) is 0 Å². The number of fused-ring (bicyclic) bond motifs is 2. The molecule has 0 spiro atoms. The fourth-order valence-corrected chi connectivity index (χ4v) is 5.34. The lowest BCUT2D eigenvalue weighted by Crippen LogP contribution is -2.34. The molecule has 0 unspecified atom stereocenters. The second-order valence-electron chi connectivity index (χ2n) is 8.64. The fourth-order valence-electron chi connectivity index (χ4n) is 5.11. The molecule has 3 nitrogen and oxygen atoms in total. The molecule has 1 fully saturated rings. The van der Waals surface area contributed by atoms with Crippen molar-refractivity contribution in [3.8, 4) is 0 Å². The Hall–Kier alpha value is -2.23. The number of halogens is 1. The number of nitrogens with zero attached hydrogens (tertiary/aromatic N) is 2. The van der Waals surface area contributed by atoms with E-state index in [4.69, 9.17) is 11.6 Å². The van der Waals surface area contributed by atoms with E-state index in [0.717, 1.165) is 23.5 Å². The highest BCUT2D eigenvalue weighted by atomic mass is 35.5. The Morgan fingerprint density at radius 3 is 2.70 bits per heavy atom. The van der Waals surface area contributed by atoms with E-state index in [1.807, 2.05) is 6.07 Å². The Morgan fingerprint density at radius 1 is 0.967 bits per heavy atom. The van der Waals surface area contributed by atoms with Crippen LogP contribution in [0.5, 0.6) is 0 Å². The number of para-hydroxylation sites is 2. The molecule has 0 saturated carbocycles. The zero-order chi connectivity index (χ0) is 20.3. The SMILES string of the molecule is Clc1cccc2c(C3CCN(CCCCN4C=CCc5ccccc54)CC3)c[nH]c12. The molecule has 2 aliphatic heterocycles. The number of H-pyrrole nitrogens is 1. The zero-order valence-corrected chi connectivity index (χ0v) is 18.2. The monoisotopic (exact) mass is 419 g/mol. The number of allylic oxidation sites excluding steroid dienone is 1. The minimum Gasteiger partial charge on any atom is -0.360 e. The van der Waals surface area contributed by atoms with E-state index in [0.29, 0.717) is 5.92 Å². The van der Waals surface area contributed by atoms with Crippen LogP contribution in [-0.2, 0) is 6.42 Å². The number of aromatic nitrogens is 1. The first-order chi connectivity index (χ1) is 14.8. The standard InChI is InChI=1S/C26H30ClN3/c27-24-10-5-9-22-23(19-28-26(22)24)20-12-17-29(18-13-20)14-3-4-15-30-16-6-8-21-7-1-2-11-25(21)30/h1-2,5-7,9-11,16,19-20,28H,3-4,8,12-15,17-18H2. The molecule has 0 radical (unpaired) electrons. The summed E-state index contributed by atoms with van der Waals surface area (Å²) < 4.78 is 0. The molecular weight excluding hydrogens is 390 g/mol. The van der Waals surface area contributed by atoms with Crippen molar-refractivity contribution in [2.24, 2.45) is 0 Å². The number of likely N-dealkylation sites (tertiary alicyclic amines) is 1. The van der Waals surface area contributed by atoms with Crippen LogP contribution < -0.4 is 4.90 Å². The predicted molar refractivity (Wildman–Crippen MR) is 128 cm³/mol. The third kappa shape index (κ3) is 4.01. The topological polar surface area (TPSA) is 22.3 Å². The van der Waals surface area contributed by atoms with Gasteiger partial charge in [0.15, 0.2) is 0 Å². The minimum atomic E-state index is 0.642. The molecule has 156 valence electrons. The lowest BCUT2D eigenvalue weighted by Gasteiger charge is -2.32. The van der Waals surface area contributed by atoms with E-state index in [2.05, 4.69) is 69.7 Å². The molecule has 3 aromatic rings. The van der Waals surface area contributed by atoms with Crippen molar-refractivity contribution in [3.63, 3.8) is 0 Å². The first kappa shape index (κ1) is 19.7. The number of anilines is 1. The Labute approximate surface area is 184 Å². The molecule has 30 heavy (non-hydrogen) atoms. The zero-order valence-electron chi connectivity index (χ0n) is 17.5. The molecule has 0 atom stereocenters. The summed E-state index contributed by atoms with van der Waals surface area (Å²) in [7, 11) is 0. The number of piperidine rings is 1. The molecule has 4 heteroatoms. The molecule has 1 saturated heterocycles. The van der Waals surface area contributed by atoms with Crippen molar-refractivity contribution in [1.82, 2.24) is 9.88 Å². The Kier molecular flexibility index (Phi) is 5.83. The van der Waals surface area contributed by atoms with Crippen LogP contribution in [0.1, 0.15) is 42.7 Å². The van der Waals surface area contributed by atoms with E-state index >= 15 is 0 Å². The number of nitrogens with one attached hydrogen (secondary N) is 1. The molecule has 1 aromatic heterocycles. The molecule has 1 N–H and O–H groups in total. The summed E-state index contributed by atoms with van der Waals surface area (Å²) in [6.07, 6.45) is 12.8. The van der Waals surface area contributed by atoms with Gasteiger partial charge in [-0.25, -0.2) is 0 Å². The number of aromatic amines is 1. The molecule has 0 bridgehead atoms. The maximum absolute atomic E-state index is 6.34. The highest BCUT2D eigenvalue weighted by Crippen LogP contribution is 2.35. The van der Waals surface area contributed by atoms with Gasteiger partial charge in [-0.05, 0) is 80.9 Å². The number of benzene rings is 2. The van der Waals surface area contributed by atoms with Gasteiger partial charge < -0.3 is 14.8 Å². The van der Waals surface area contributed by atoms with Crippen LogP contribution in [0.3, 0.4) is 0 Å².